The van der Waals surface area contributed by atoms with Crippen molar-refractivity contribution in [1.82, 2.24) is 4.98 Å². The molecule has 0 bridgehead atoms. The van der Waals surface area contributed by atoms with Crippen molar-refractivity contribution in [2.45, 2.75) is 4.90 Å². The van der Waals surface area contributed by atoms with Gasteiger partial charge in [-0.05, 0) is 12.1 Å². The lowest BCUT2D eigenvalue weighted by atomic mass is 10.3. The number of rotatable bonds is 1. The Morgan fingerprint density at radius 1 is 1.38 bits per heavy atom. The quantitative estimate of drug-likeness (QED) is 0.695. The number of benzene rings is 1. The molecule has 0 atom stereocenters. The lowest BCUT2D eigenvalue weighted by Gasteiger charge is -1.94. The van der Waals surface area contributed by atoms with Gasteiger partial charge in [0.1, 0.15) is 5.52 Å². The Morgan fingerprint density at radius 2 is 2.15 bits per heavy atom. The van der Waals surface area contributed by atoms with E-state index in [1.165, 1.54) is 24.6 Å². The van der Waals surface area contributed by atoms with Crippen LogP contribution in [0.3, 0.4) is 0 Å². The molecule has 1 aromatic carbocycles. The molecule has 6 heteroatoms. The van der Waals surface area contributed by atoms with Crippen LogP contribution < -0.4 is 0 Å². The van der Waals surface area contributed by atoms with Gasteiger partial charge in [0.25, 0.3) is 10.1 Å². The zero-order valence-corrected chi connectivity index (χ0v) is 7.15. The van der Waals surface area contributed by atoms with Gasteiger partial charge in [-0.2, -0.15) is 8.42 Å². The van der Waals surface area contributed by atoms with Gasteiger partial charge >= 0.3 is 0 Å². The first-order valence-electron chi connectivity index (χ1n) is 3.38. The average molecular weight is 199 g/mol. The molecule has 0 amide bonds. The van der Waals surface area contributed by atoms with Crippen LogP contribution in [0.2, 0.25) is 0 Å². The van der Waals surface area contributed by atoms with Gasteiger partial charge in [0.2, 0.25) is 0 Å². The van der Waals surface area contributed by atoms with Crippen LogP contribution in [0, 0.1) is 0 Å². The van der Waals surface area contributed by atoms with Gasteiger partial charge in [-0.1, -0.05) is 0 Å². The summed E-state index contributed by atoms with van der Waals surface area (Å²) in [6, 6.07) is 3.94. The Bertz CT molecular complexity index is 542. The van der Waals surface area contributed by atoms with Crippen LogP contribution in [0.4, 0.5) is 0 Å². The van der Waals surface area contributed by atoms with Gasteiger partial charge in [-0.15, -0.1) is 0 Å². The molecule has 0 saturated carbocycles. The first-order valence-corrected chi connectivity index (χ1v) is 4.82. The summed E-state index contributed by atoms with van der Waals surface area (Å²) in [6.07, 6.45) is 1.21. The molecule has 0 unspecified atom stereocenters. The third kappa shape index (κ3) is 1.41. The summed E-state index contributed by atoms with van der Waals surface area (Å²) < 4.78 is 34.9. The van der Waals surface area contributed by atoms with Crippen LogP contribution in [-0.4, -0.2) is 18.0 Å². The molecule has 1 N–H and O–H groups in total. The Balaban J connectivity index is 2.75. The standard InChI is InChI=1S/C7H5NO4S/c9-13(10,11)5-1-2-6-7(3-5)12-4-8-6/h1-4H,(H,9,10,11). The van der Waals surface area contributed by atoms with E-state index < -0.39 is 10.1 Å². The van der Waals surface area contributed by atoms with Gasteiger partial charge in [0.15, 0.2) is 12.0 Å². The van der Waals surface area contributed by atoms with Crippen molar-refractivity contribution in [3.05, 3.63) is 24.6 Å². The summed E-state index contributed by atoms with van der Waals surface area (Å²) in [7, 11) is -4.16. The molecule has 1 heterocycles. The number of hydrogen-bond acceptors (Lipinski definition) is 4. The minimum Gasteiger partial charge on any atom is -0.443 e. The lowest BCUT2D eigenvalue weighted by molar-refractivity contribution is 0.483. The van der Waals surface area contributed by atoms with E-state index in [9.17, 15) is 8.42 Å². The summed E-state index contributed by atoms with van der Waals surface area (Å²) in [5.74, 6) is 0. The van der Waals surface area contributed by atoms with E-state index in [1.54, 1.807) is 0 Å². The van der Waals surface area contributed by atoms with Gasteiger partial charge in [0, 0.05) is 6.07 Å². The molecule has 0 fully saturated rings. The van der Waals surface area contributed by atoms with E-state index in [0.29, 0.717) is 11.1 Å². The van der Waals surface area contributed by atoms with E-state index in [1.807, 2.05) is 0 Å². The van der Waals surface area contributed by atoms with E-state index >= 15 is 0 Å². The van der Waals surface area contributed by atoms with E-state index in [4.69, 9.17) is 8.97 Å². The maximum Gasteiger partial charge on any atom is 0.294 e. The maximum atomic E-state index is 10.7. The number of aromatic nitrogens is 1. The molecule has 13 heavy (non-hydrogen) atoms. The molecule has 2 rings (SSSR count). The van der Waals surface area contributed by atoms with Crippen molar-refractivity contribution in [3.63, 3.8) is 0 Å². The predicted octanol–water partition coefficient (Wildman–Crippen LogP) is 1.07. The monoisotopic (exact) mass is 199 g/mol. The highest BCUT2D eigenvalue weighted by atomic mass is 32.2. The van der Waals surface area contributed by atoms with Crippen molar-refractivity contribution in [1.29, 1.82) is 0 Å². The highest BCUT2D eigenvalue weighted by Crippen LogP contribution is 2.17. The molecule has 5 nitrogen and oxygen atoms in total. The largest absolute Gasteiger partial charge is 0.443 e. The zero-order valence-electron chi connectivity index (χ0n) is 6.34. The molecular weight excluding hydrogens is 194 g/mol. The van der Waals surface area contributed by atoms with Gasteiger partial charge < -0.3 is 4.42 Å². The normalized spacial score (nSPS) is 12.1. The van der Waals surface area contributed by atoms with Crippen molar-refractivity contribution >= 4 is 21.2 Å². The second kappa shape index (κ2) is 2.54. The minimum atomic E-state index is -4.16. The second-order valence-electron chi connectivity index (χ2n) is 2.46. The second-order valence-corrected chi connectivity index (χ2v) is 3.88. The third-order valence-corrected chi connectivity index (χ3v) is 2.45. The number of fused-ring (bicyclic) bond motifs is 1. The van der Waals surface area contributed by atoms with Gasteiger partial charge in [-0.3, -0.25) is 4.55 Å². The van der Waals surface area contributed by atoms with Crippen LogP contribution in [0.15, 0.2) is 33.9 Å². The molecule has 0 spiro atoms. The molecule has 0 aliphatic carbocycles. The highest BCUT2D eigenvalue weighted by molar-refractivity contribution is 7.85. The van der Waals surface area contributed by atoms with Crippen LogP contribution in [0.5, 0.6) is 0 Å². The van der Waals surface area contributed by atoms with E-state index in [0.717, 1.165) is 0 Å². The van der Waals surface area contributed by atoms with Crippen LogP contribution in [0.1, 0.15) is 0 Å². The molecular formula is C7H5NO4S. The minimum absolute atomic E-state index is 0.197. The topological polar surface area (TPSA) is 80.4 Å². The first kappa shape index (κ1) is 8.21. The van der Waals surface area contributed by atoms with E-state index in [2.05, 4.69) is 4.98 Å². The maximum absolute atomic E-state index is 10.7. The molecule has 0 saturated heterocycles. The van der Waals surface area contributed by atoms with Crippen LogP contribution in [0.25, 0.3) is 11.1 Å². The molecule has 68 valence electrons. The van der Waals surface area contributed by atoms with Crippen molar-refractivity contribution in [2.24, 2.45) is 0 Å². The smallest absolute Gasteiger partial charge is 0.294 e. The molecule has 2 aromatic rings. The average Bonchev–Trinajstić information content (AvgIpc) is 2.47. The Hall–Kier alpha value is -1.40. The van der Waals surface area contributed by atoms with Gasteiger partial charge in [0.05, 0.1) is 4.90 Å². The van der Waals surface area contributed by atoms with Crippen molar-refractivity contribution in [3.8, 4) is 0 Å². The number of nitrogens with zero attached hydrogens (tertiary/aromatic N) is 1. The van der Waals surface area contributed by atoms with Crippen LogP contribution >= 0.6 is 0 Å². The summed E-state index contributed by atoms with van der Waals surface area (Å²) in [6.45, 7) is 0. The van der Waals surface area contributed by atoms with Crippen LogP contribution in [-0.2, 0) is 10.1 Å². The molecule has 0 aliphatic rings. The van der Waals surface area contributed by atoms with Gasteiger partial charge in [-0.25, -0.2) is 4.98 Å². The summed E-state index contributed by atoms with van der Waals surface area (Å²) in [4.78, 5) is 3.60. The molecule has 0 radical (unpaired) electrons. The SMILES string of the molecule is O=S(=O)(O)c1ccc2ncoc2c1. The fourth-order valence-corrected chi connectivity index (χ4v) is 1.49. The molecule has 0 aliphatic heterocycles. The Morgan fingerprint density at radius 3 is 2.85 bits per heavy atom. The Kier molecular flexibility index (Phi) is 1.61. The first-order chi connectivity index (χ1) is 6.07. The zero-order chi connectivity index (χ0) is 9.47. The number of hydrogen-bond donors (Lipinski definition) is 1. The van der Waals surface area contributed by atoms with E-state index in [-0.39, 0.29) is 4.90 Å². The summed E-state index contributed by atoms with van der Waals surface area (Å²) in [5.41, 5.74) is 0.877. The third-order valence-electron chi connectivity index (χ3n) is 1.60. The fourth-order valence-electron chi connectivity index (χ4n) is 0.996. The Labute approximate surface area is 73.8 Å². The lowest BCUT2D eigenvalue weighted by Crippen LogP contribution is -1.96. The fraction of sp³-hybridized carbons (Fsp3) is 0. The summed E-state index contributed by atoms with van der Waals surface area (Å²) >= 11 is 0. The predicted molar refractivity (Wildman–Crippen MR) is 43.8 cm³/mol. The van der Waals surface area contributed by atoms with Crippen molar-refractivity contribution < 1.29 is 17.4 Å². The van der Waals surface area contributed by atoms with Crippen molar-refractivity contribution in [2.75, 3.05) is 0 Å². The molecule has 1 aromatic heterocycles. The number of oxazole rings is 1. The highest BCUT2D eigenvalue weighted by Gasteiger charge is 2.10. The summed E-state index contributed by atoms with van der Waals surface area (Å²) in [5, 5.41) is 0.